The fourth-order valence-electron chi connectivity index (χ4n) is 2.74. The van der Waals surface area contributed by atoms with Crippen molar-refractivity contribution >= 4 is 28.8 Å². The van der Waals surface area contributed by atoms with Gasteiger partial charge in [0.25, 0.3) is 0 Å². The predicted molar refractivity (Wildman–Crippen MR) is 97.7 cm³/mol. The van der Waals surface area contributed by atoms with Crippen molar-refractivity contribution in [1.29, 1.82) is 0 Å². The zero-order valence-electron chi connectivity index (χ0n) is 13.5. The number of hydrogen-bond donors (Lipinski definition) is 0. The summed E-state index contributed by atoms with van der Waals surface area (Å²) in [5.41, 5.74) is 0. The Morgan fingerprint density at radius 1 is 1.08 bits per heavy atom. The Kier molecular flexibility index (Phi) is 6.12. The van der Waals surface area contributed by atoms with Gasteiger partial charge in [-0.2, -0.15) is 0 Å². The molecule has 0 bridgehead atoms. The van der Waals surface area contributed by atoms with Crippen LogP contribution in [0.4, 0.5) is 0 Å². The first-order chi connectivity index (χ1) is 11.7. The van der Waals surface area contributed by atoms with E-state index in [9.17, 15) is 4.79 Å². The second-order valence-corrected chi connectivity index (χ2v) is 7.57. The van der Waals surface area contributed by atoms with Gasteiger partial charge in [0, 0.05) is 37.6 Å². The molecule has 2 heterocycles. The minimum atomic E-state index is 0.171. The Bertz CT molecular complexity index is 654. The maximum absolute atomic E-state index is 12.3. The van der Waals surface area contributed by atoms with Crippen LogP contribution in [0.2, 0.25) is 4.34 Å². The molecule has 0 aliphatic carbocycles. The monoisotopic (exact) mass is 364 g/mol. The third-order valence-electron chi connectivity index (χ3n) is 4.06. The van der Waals surface area contributed by atoms with Gasteiger partial charge in [-0.05, 0) is 24.3 Å². The lowest BCUT2D eigenvalue weighted by Crippen LogP contribution is -2.48. The van der Waals surface area contributed by atoms with Gasteiger partial charge in [0.2, 0.25) is 5.91 Å². The molecule has 0 radical (unpaired) electrons. The summed E-state index contributed by atoms with van der Waals surface area (Å²) in [6, 6.07) is 13.6. The number of piperazine rings is 1. The van der Waals surface area contributed by atoms with Gasteiger partial charge in [-0.3, -0.25) is 9.69 Å². The minimum absolute atomic E-state index is 0.171. The highest BCUT2D eigenvalue weighted by Crippen LogP contribution is 2.23. The molecule has 128 valence electrons. The molecule has 1 amide bonds. The summed E-state index contributed by atoms with van der Waals surface area (Å²) < 4.78 is 6.43. The highest BCUT2D eigenvalue weighted by molar-refractivity contribution is 7.16. The standard InChI is InChI=1S/C18H21ClN2O2S/c19-17-7-6-16(24-17)14-20-9-11-21(12-10-20)18(22)8-13-23-15-4-2-1-3-5-15/h1-7H,8-14H2. The van der Waals surface area contributed by atoms with Crippen LogP contribution in [0.5, 0.6) is 5.75 Å². The van der Waals surface area contributed by atoms with Crippen molar-refractivity contribution in [1.82, 2.24) is 9.80 Å². The van der Waals surface area contributed by atoms with Crippen molar-refractivity contribution in [2.45, 2.75) is 13.0 Å². The molecular formula is C18H21ClN2O2S. The number of para-hydroxylation sites is 1. The van der Waals surface area contributed by atoms with E-state index in [1.54, 1.807) is 11.3 Å². The van der Waals surface area contributed by atoms with Crippen LogP contribution in [-0.2, 0) is 11.3 Å². The van der Waals surface area contributed by atoms with Crippen LogP contribution < -0.4 is 4.74 Å². The quantitative estimate of drug-likeness (QED) is 0.786. The number of ether oxygens (including phenoxy) is 1. The molecule has 4 nitrogen and oxygen atoms in total. The lowest BCUT2D eigenvalue weighted by Gasteiger charge is -2.34. The van der Waals surface area contributed by atoms with Crippen LogP contribution >= 0.6 is 22.9 Å². The lowest BCUT2D eigenvalue weighted by atomic mass is 10.2. The average molecular weight is 365 g/mol. The number of halogens is 1. The van der Waals surface area contributed by atoms with E-state index in [2.05, 4.69) is 11.0 Å². The molecule has 1 aliphatic rings. The number of nitrogens with zero attached hydrogens (tertiary/aromatic N) is 2. The van der Waals surface area contributed by atoms with Gasteiger partial charge in [0.1, 0.15) is 5.75 Å². The zero-order chi connectivity index (χ0) is 16.8. The molecule has 1 aliphatic heterocycles. The normalized spacial score (nSPS) is 15.5. The number of hydrogen-bond acceptors (Lipinski definition) is 4. The van der Waals surface area contributed by atoms with Crippen LogP contribution in [0.1, 0.15) is 11.3 Å². The number of benzene rings is 1. The Morgan fingerprint density at radius 2 is 1.83 bits per heavy atom. The van der Waals surface area contributed by atoms with E-state index < -0.39 is 0 Å². The Balaban J connectivity index is 1.37. The summed E-state index contributed by atoms with van der Waals surface area (Å²) in [5.74, 6) is 0.981. The molecule has 1 aromatic carbocycles. The maximum Gasteiger partial charge on any atom is 0.226 e. The highest BCUT2D eigenvalue weighted by Gasteiger charge is 2.21. The van der Waals surface area contributed by atoms with Crippen LogP contribution in [0.15, 0.2) is 42.5 Å². The van der Waals surface area contributed by atoms with Crippen LogP contribution in [0.25, 0.3) is 0 Å². The number of amides is 1. The maximum atomic E-state index is 12.3. The first-order valence-corrected chi connectivity index (χ1v) is 9.32. The van der Waals surface area contributed by atoms with Crippen molar-refractivity contribution in [3.8, 4) is 5.75 Å². The summed E-state index contributed by atoms with van der Waals surface area (Å²) in [7, 11) is 0. The summed E-state index contributed by atoms with van der Waals surface area (Å²) in [5, 5.41) is 0. The topological polar surface area (TPSA) is 32.8 Å². The molecule has 0 saturated carbocycles. The molecule has 0 unspecified atom stereocenters. The second-order valence-electron chi connectivity index (χ2n) is 5.77. The average Bonchev–Trinajstić information content (AvgIpc) is 3.01. The van der Waals surface area contributed by atoms with E-state index in [1.807, 2.05) is 41.3 Å². The van der Waals surface area contributed by atoms with E-state index >= 15 is 0 Å². The van der Waals surface area contributed by atoms with Crippen molar-refractivity contribution in [3.05, 3.63) is 51.7 Å². The zero-order valence-corrected chi connectivity index (χ0v) is 15.1. The van der Waals surface area contributed by atoms with Gasteiger partial charge in [0.15, 0.2) is 0 Å². The molecular weight excluding hydrogens is 344 g/mol. The number of carbonyl (C=O) groups is 1. The van der Waals surface area contributed by atoms with Gasteiger partial charge in [-0.25, -0.2) is 0 Å². The molecule has 2 aromatic rings. The molecule has 0 N–H and O–H groups in total. The van der Waals surface area contributed by atoms with Gasteiger partial charge >= 0.3 is 0 Å². The van der Waals surface area contributed by atoms with Gasteiger partial charge in [0.05, 0.1) is 17.4 Å². The number of carbonyl (C=O) groups excluding carboxylic acids is 1. The third-order valence-corrected chi connectivity index (χ3v) is 5.28. The van der Waals surface area contributed by atoms with Gasteiger partial charge in [-0.1, -0.05) is 29.8 Å². The number of rotatable bonds is 6. The van der Waals surface area contributed by atoms with E-state index in [0.29, 0.717) is 13.0 Å². The molecule has 24 heavy (non-hydrogen) atoms. The summed E-state index contributed by atoms with van der Waals surface area (Å²) in [4.78, 5) is 17.8. The molecule has 6 heteroatoms. The van der Waals surface area contributed by atoms with Crippen molar-refractivity contribution in [2.24, 2.45) is 0 Å². The fourth-order valence-corrected chi connectivity index (χ4v) is 3.87. The first kappa shape index (κ1) is 17.3. The van der Waals surface area contributed by atoms with Crippen LogP contribution in [0, 0.1) is 0 Å². The first-order valence-electron chi connectivity index (χ1n) is 8.13. The SMILES string of the molecule is O=C(CCOc1ccccc1)N1CCN(Cc2ccc(Cl)s2)CC1. The highest BCUT2D eigenvalue weighted by atomic mass is 35.5. The molecule has 1 aromatic heterocycles. The Labute approximate surface area is 151 Å². The van der Waals surface area contributed by atoms with E-state index in [1.165, 1.54) is 4.88 Å². The molecule has 1 saturated heterocycles. The lowest BCUT2D eigenvalue weighted by molar-refractivity contribution is -0.133. The summed E-state index contributed by atoms with van der Waals surface area (Å²) >= 11 is 7.60. The molecule has 3 rings (SSSR count). The molecule has 0 atom stereocenters. The van der Waals surface area contributed by atoms with Crippen LogP contribution in [0.3, 0.4) is 0 Å². The Hall–Kier alpha value is -1.56. The summed E-state index contributed by atoms with van der Waals surface area (Å²) in [6.45, 7) is 4.71. The van der Waals surface area contributed by atoms with Gasteiger partial charge in [-0.15, -0.1) is 11.3 Å². The Morgan fingerprint density at radius 3 is 2.50 bits per heavy atom. The van der Waals surface area contributed by atoms with Gasteiger partial charge < -0.3 is 9.64 Å². The number of thiophene rings is 1. The third kappa shape index (κ3) is 4.97. The predicted octanol–water partition coefficient (Wildman–Crippen LogP) is 3.51. The van der Waals surface area contributed by atoms with E-state index in [-0.39, 0.29) is 5.91 Å². The van der Waals surface area contributed by atoms with E-state index in [0.717, 1.165) is 42.8 Å². The van der Waals surface area contributed by atoms with Crippen molar-refractivity contribution < 1.29 is 9.53 Å². The molecule has 1 fully saturated rings. The minimum Gasteiger partial charge on any atom is -0.493 e. The van der Waals surface area contributed by atoms with E-state index in [4.69, 9.17) is 16.3 Å². The summed E-state index contributed by atoms with van der Waals surface area (Å²) in [6.07, 6.45) is 0.426. The largest absolute Gasteiger partial charge is 0.493 e. The smallest absolute Gasteiger partial charge is 0.226 e. The van der Waals surface area contributed by atoms with Crippen LogP contribution in [-0.4, -0.2) is 48.5 Å². The molecule has 0 spiro atoms. The van der Waals surface area contributed by atoms with Crippen molar-refractivity contribution in [2.75, 3.05) is 32.8 Å². The van der Waals surface area contributed by atoms with Crippen molar-refractivity contribution in [3.63, 3.8) is 0 Å². The second kappa shape index (κ2) is 8.51. The fraction of sp³-hybridized carbons (Fsp3) is 0.389.